The number of aliphatic hydroxyl groups is 3. The van der Waals surface area contributed by atoms with Gasteiger partial charge in [-0.1, -0.05) is 32.9 Å². The molecule has 166 valence electrons. The Balaban J connectivity index is 1.70. The summed E-state index contributed by atoms with van der Waals surface area (Å²) in [4.78, 5) is 5.38. The second-order valence-electron chi connectivity index (χ2n) is 11.2. The molecule has 29 heavy (non-hydrogen) atoms. The van der Waals surface area contributed by atoms with Gasteiger partial charge in [-0.05, 0) is 68.1 Å². The van der Waals surface area contributed by atoms with Crippen molar-refractivity contribution in [2.75, 3.05) is 13.2 Å². The molecule has 4 rings (SSSR count). The lowest BCUT2D eigenvalue weighted by Crippen LogP contribution is -2.74. The van der Waals surface area contributed by atoms with Crippen molar-refractivity contribution in [3.63, 3.8) is 0 Å². The number of nitrogens with zero attached hydrogens (tertiary/aromatic N) is 1. The van der Waals surface area contributed by atoms with Crippen LogP contribution in [-0.4, -0.2) is 52.0 Å². The summed E-state index contributed by atoms with van der Waals surface area (Å²) in [6, 6.07) is 0. The molecule has 0 aromatic rings. The van der Waals surface area contributed by atoms with Crippen LogP contribution in [0.1, 0.15) is 72.6 Å². The molecule has 0 radical (unpaired) electrons. The van der Waals surface area contributed by atoms with Gasteiger partial charge in [0.05, 0.1) is 17.9 Å². The van der Waals surface area contributed by atoms with E-state index in [0.717, 1.165) is 44.2 Å². The first-order chi connectivity index (χ1) is 13.5. The molecule has 0 heterocycles. The van der Waals surface area contributed by atoms with E-state index in [4.69, 9.17) is 10.6 Å². The summed E-state index contributed by atoms with van der Waals surface area (Å²) in [6.45, 7) is 9.20. The first-order valence-corrected chi connectivity index (χ1v) is 11.5. The summed E-state index contributed by atoms with van der Waals surface area (Å²) >= 11 is 0. The smallest absolute Gasteiger partial charge is 0.129 e. The highest BCUT2D eigenvalue weighted by atomic mass is 16.6. The van der Waals surface area contributed by atoms with Gasteiger partial charge in [0, 0.05) is 17.4 Å². The van der Waals surface area contributed by atoms with Gasteiger partial charge in [0.1, 0.15) is 12.2 Å². The van der Waals surface area contributed by atoms with Gasteiger partial charge >= 0.3 is 0 Å². The van der Waals surface area contributed by atoms with Gasteiger partial charge in [0.2, 0.25) is 0 Å². The number of rotatable bonds is 3. The fraction of sp³-hybridized carbons (Fsp3) is 0.957. The zero-order chi connectivity index (χ0) is 21.2. The van der Waals surface area contributed by atoms with Crippen LogP contribution in [0.4, 0.5) is 0 Å². The van der Waals surface area contributed by atoms with Gasteiger partial charge in [-0.2, -0.15) is 0 Å². The van der Waals surface area contributed by atoms with Gasteiger partial charge in [0.25, 0.3) is 0 Å². The van der Waals surface area contributed by atoms with Crippen LogP contribution in [0.2, 0.25) is 0 Å². The molecule has 0 saturated heterocycles. The standard InChI is InChI=1S/C23H40N2O4/c1-20(2)17(25-29-12-11-24)8-10-22(4)16-7-9-21(3)15(5-6-18(21)26)14(16)13-19(27)23(20,22)28/h14-16,18-19,26-28H,5-13,24H2,1-4H3/b25-17-/t14-,15-,16-,18-,19-,21-,22+,23+/m0/s1. The Bertz CT molecular complexity index is 682. The van der Waals surface area contributed by atoms with Gasteiger partial charge in [-0.3, -0.25) is 0 Å². The molecule has 6 nitrogen and oxygen atoms in total. The molecule has 0 aliphatic heterocycles. The molecule has 0 bridgehead atoms. The lowest BCUT2D eigenvalue weighted by Gasteiger charge is -2.68. The lowest BCUT2D eigenvalue weighted by molar-refractivity contribution is -0.276. The Kier molecular flexibility index (Phi) is 5.13. The second-order valence-corrected chi connectivity index (χ2v) is 11.2. The monoisotopic (exact) mass is 408 g/mol. The highest BCUT2D eigenvalue weighted by Crippen LogP contribution is 2.69. The van der Waals surface area contributed by atoms with E-state index in [9.17, 15) is 15.3 Å². The van der Waals surface area contributed by atoms with Crippen molar-refractivity contribution in [1.29, 1.82) is 0 Å². The zero-order valence-corrected chi connectivity index (χ0v) is 18.5. The Hall–Kier alpha value is -0.690. The van der Waals surface area contributed by atoms with Crippen molar-refractivity contribution in [3.8, 4) is 0 Å². The van der Waals surface area contributed by atoms with Crippen LogP contribution in [0.25, 0.3) is 0 Å². The molecule has 4 fully saturated rings. The Morgan fingerprint density at radius 1 is 1.03 bits per heavy atom. The van der Waals surface area contributed by atoms with Gasteiger partial charge in [-0.25, -0.2) is 0 Å². The predicted molar refractivity (Wildman–Crippen MR) is 112 cm³/mol. The summed E-state index contributed by atoms with van der Waals surface area (Å²) in [5.74, 6) is 1.14. The maximum atomic E-state index is 12.2. The largest absolute Gasteiger partial charge is 0.394 e. The minimum absolute atomic E-state index is 0.0421. The fourth-order valence-corrected chi connectivity index (χ4v) is 8.22. The van der Waals surface area contributed by atoms with Crippen molar-refractivity contribution in [2.24, 2.45) is 44.9 Å². The highest BCUT2D eigenvalue weighted by Gasteiger charge is 2.72. The molecule has 0 aromatic carbocycles. The van der Waals surface area contributed by atoms with Gasteiger partial charge < -0.3 is 25.9 Å². The summed E-state index contributed by atoms with van der Waals surface area (Å²) in [5, 5.41) is 38.6. The van der Waals surface area contributed by atoms with E-state index in [0.29, 0.717) is 37.3 Å². The van der Waals surface area contributed by atoms with Gasteiger partial charge in [-0.15, -0.1) is 0 Å². The molecular weight excluding hydrogens is 368 g/mol. The molecule has 6 heteroatoms. The molecule has 0 spiro atoms. The second kappa shape index (κ2) is 6.91. The minimum Gasteiger partial charge on any atom is -0.394 e. The van der Waals surface area contributed by atoms with E-state index >= 15 is 0 Å². The molecule has 8 atom stereocenters. The molecule has 4 aliphatic rings. The van der Waals surface area contributed by atoms with Crippen molar-refractivity contribution in [2.45, 2.75) is 90.4 Å². The Morgan fingerprint density at radius 3 is 2.45 bits per heavy atom. The topological polar surface area (TPSA) is 108 Å². The van der Waals surface area contributed by atoms with Crippen molar-refractivity contribution >= 4 is 5.71 Å². The van der Waals surface area contributed by atoms with E-state index < -0.39 is 17.1 Å². The summed E-state index contributed by atoms with van der Waals surface area (Å²) in [5.41, 5.74) is 3.97. The van der Waals surface area contributed by atoms with E-state index in [-0.39, 0.29) is 16.9 Å². The first kappa shape index (κ1) is 21.5. The Labute approximate surface area is 174 Å². The number of nitrogens with two attached hydrogens (primary N) is 1. The average molecular weight is 409 g/mol. The van der Waals surface area contributed by atoms with Crippen molar-refractivity contribution in [3.05, 3.63) is 0 Å². The maximum absolute atomic E-state index is 12.2. The van der Waals surface area contributed by atoms with Crippen LogP contribution in [-0.2, 0) is 4.84 Å². The highest BCUT2D eigenvalue weighted by molar-refractivity contribution is 5.91. The third-order valence-corrected chi connectivity index (χ3v) is 9.99. The zero-order valence-electron chi connectivity index (χ0n) is 18.5. The van der Waals surface area contributed by atoms with Crippen LogP contribution in [0.5, 0.6) is 0 Å². The fourth-order valence-electron chi connectivity index (χ4n) is 8.22. The van der Waals surface area contributed by atoms with E-state index in [2.05, 4.69) is 19.0 Å². The Morgan fingerprint density at radius 2 is 1.76 bits per heavy atom. The van der Waals surface area contributed by atoms with Crippen molar-refractivity contribution < 1.29 is 20.2 Å². The first-order valence-electron chi connectivity index (χ1n) is 11.5. The van der Waals surface area contributed by atoms with Crippen molar-refractivity contribution in [1.82, 2.24) is 0 Å². The number of aliphatic hydroxyl groups excluding tert-OH is 2. The number of hydrogen-bond acceptors (Lipinski definition) is 6. The SMILES string of the molecule is CC1(C)/C(=N\OCCN)CC[C@]2(C)[C@H]3CC[C@]4(C)[C@@H](O)CC[C@H]4[C@@H]3C[C@H](O)[C@@]12O. The van der Waals surface area contributed by atoms with Crippen LogP contribution in [0, 0.1) is 34.0 Å². The summed E-state index contributed by atoms with van der Waals surface area (Å²) in [6.07, 6.45) is 5.01. The quantitative estimate of drug-likeness (QED) is 0.424. The average Bonchev–Trinajstić information content (AvgIpc) is 2.96. The van der Waals surface area contributed by atoms with Crippen LogP contribution >= 0.6 is 0 Å². The molecule has 0 amide bonds. The summed E-state index contributed by atoms with van der Waals surface area (Å²) in [7, 11) is 0. The minimum atomic E-state index is -1.25. The molecule has 5 N–H and O–H groups in total. The van der Waals surface area contributed by atoms with Crippen LogP contribution in [0.3, 0.4) is 0 Å². The molecular formula is C23H40N2O4. The molecule has 0 unspecified atom stereocenters. The number of oxime groups is 1. The third kappa shape index (κ3) is 2.65. The van der Waals surface area contributed by atoms with Crippen LogP contribution in [0.15, 0.2) is 5.16 Å². The van der Waals surface area contributed by atoms with E-state index in [1.807, 2.05) is 13.8 Å². The normalized spacial score (nSPS) is 52.6. The van der Waals surface area contributed by atoms with E-state index in [1.165, 1.54) is 0 Å². The van der Waals surface area contributed by atoms with E-state index in [1.54, 1.807) is 0 Å². The maximum Gasteiger partial charge on any atom is 0.129 e. The third-order valence-electron chi connectivity index (χ3n) is 9.99. The van der Waals surface area contributed by atoms with Crippen LogP contribution < -0.4 is 5.73 Å². The molecule has 4 aliphatic carbocycles. The number of hydrogen-bond donors (Lipinski definition) is 4. The number of fused-ring (bicyclic) bond motifs is 5. The predicted octanol–water partition coefficient (Wildman–Crippen LogP) is 2.44. The molecule has 0 aromatic heterocycles. The lowest BCUT2D eigenvalue weighted by atomic mass is 9.38. The molecule has 4 saturated carbocycles. The van der Waals surface area contributed by atoms with Gasteiger partial charge in [0.15, 0.2) is 0 Å². The summed E-state index contributed by atoms with van der Waals surface area (Å²) < 4.78 is 0.